The zero-order valence-corrected chi connectivity index (χ0v) is 9.46. The van der Waals surface area contributed by atoms with Crippen molar-refractivity contribution in [3.63, 3.8) is 0 Å². The minimum Gasteiger partial charge on any atom is -0.0928 e. The smallest absolute Gasteiger partial charge is 0.0145 e. The monoisotopic (exact) mass is 269 g/mol. The van der Waals surface area contributed by atoms with Crippen LogP contribution in [0.4, 0.5) is 0 Å². The molecule has 0 aliphatic rings. The number of halogens is 2. The van der Waals surface area contributed by atoms with Gasteiger partial charge in [0.1, 0.15) is 0 Å². The Hall–Kier alpha value is 0.960. The average molecular weight is 271 g/mol. The maximum absolute atomic E-state index is 3.81. The lowest BCUT2D eigenvalue weighted by Crippen LogP contribution is -1.96. The Morgan fingerprint density at radius 1 is 1.20 bits per heavy atom. The van der Waals surface area contributed by atoms with Crippen LogP contribution in [-0.2, 0) is 0 Å². The van der Waals surface area contributed by atoms with Gasteiger partial charge in [0.05, 0.1) is 0 Å². The second-order valence-corrected chi connectivity index (χ2v) is 4.51. The fourth-order valence-corrected chi connectivity index (χ4v) is 1.87. The van der Waals surface area contributed by atoms with E-state index >= 15 is 0 Å². The minimum absolute atomic E-state index is 0.698. The van der Waals surface area contributed by atoms with Gasteiger partial charge in [-0.15, -0.1) is 0 Å². The minimum atomic E-state index is 0.698. The van der Waals surface area contributed by atoms with E-state index in [4.69, 9.17) is 0 Å². The van der Waals surface area contributed by atoms with Crippen LogP contribution in [-0.4, -0.2) is 10.2 Å². The second-order valence-electron chi connectivity index (χ2n) is 2.42. The molecule has 0 aliphatic heterocycles. The summed E-state index contributed by atoms with van der Waals surface area (Å²) in [6.07, 6.45) is 6.16. The molecule has 0 amide bonds. The Morgan fingerprint density at radius 2 is 1.90 bits per heavy atom. The van der Waals surface area contributed by atoms with Gasteiger partial charge in [-0.1, -0.05) is 51.6 Å². The molecule has 0 aromatic rings. The highest BCUT2D eigenvalue weighted by Gasteiger charge is 2.00. The van der Waals surface area contributed by atoms with Gasteiger partial charge >= 0.3 is 0 Å². The van der Waals surface area contributed by atoms with E-state index in [0.29, 0.717) is 4.83 Å². The van der Waals surface area contributed by atoms with Crippen LogP contribution in [0.25, 0.3) is 0 Å². The van der Waals surface area contributed by atoms with Gasteiger partial charge in [0.25, 0.3) is 0 Å². The Kier molecular flexibility index (Phi) is 8.83. The van der Waals surface area contributed by atoms with E-state index in [-0.39, 0.29) is 0 Å². The zero-order chi connectivity index (χ0) is 7.82. The summed E-state index contributed by atoms with van der Waals surface area (Å²) in [6, 6.07) is 0. The Bertz CT molecular complexity index is 64.3. The van der Waals surface area contributed by atoms with Gasteiger partial charge in [-0.05, 0) is 19.3 Å². The van der Waals surface area contributed by atoms with Crippen LogP contribution >= 0.6 is 31.9 Å². The SMILES string of the molecule is [CH2]CCC(Br)CCCCBr. The van der Waals surface area contributed by atoms with Crippen molar-refractivity contribution < 1.29 is 0 Å². The summed E-state index contributed by atoms with van der Waals surface area (Å²) in [7, 11) is 0. The van der Waals surface area contributed by atoms with Crippen molar-refractivity contribution in [3.8, 4) is 0 Å². The van der Waals surface area contributed by atoms with Crippen molar-refractivity contribution in [2.45, 2.75) is 36.9 Å². The van der Waals surface area contributed by atoms with Crippen molar-refractivity contribution in [3.05, 3.63) is 6.92 Å². The van der Waals surface area contributed by atoms with Gasteiger partial charge in [0.15, 0.2) is 0 Å². The molecule has 0 nitrogen and oxygen atoms in total. The molecule has 1 unspecified atom stereocenters. The van der Waals surface area contributed by atoms with Crippen LogP contribution < -0.4 is 0 Å². The summed E-state index contributed by atoms with van der Waals surface area (Å²) in [5, 5.41) is 1.14. The molecule has 2 heteroatoms. The third-order valence-electron chi connectivity index (χ3n) is 1.42. The maximum Gasteiger partial charge on any atom is 0.0145 e. The molecule has 0 aliphatic carbocycles. The molecule has 0 spiro atoms. The second kappa shape index (κ2) is 8.06. The summed E-state index contributed by atoms with van der Waals surface area (Å²) >= 11 is 7.02. The molecular weight excluding hydrogens is 256 g/mol. The van der Waals surface area contributed by atoms with Gasteiger partial charge in [-0.2, -0.15) is 0 Å². The van der Waals surface area contributed by atoms with Gasteiger partial charge in [-0.25, -0.2) is 0 Å². The predicted molar refractivity (Wildman–Crippen MR) is 55.0 cm³/mol. The first-order valence-electron chi connectivity index (χ1n) is 3.80. The molecule has 1 atom stereocenters. The van der Waals surface area contributed by atoms with E-state index in [2.05, 4.69) is 38.8 Å². The van der Waals surface area contributed by atoms with Crippen LogP contribution in [0.5, 0.6) is 0 Å². The zero-order valence-electron chi connectivity index (χ0n) is 6.28. The third kappa shape index (κ3) is 7.07. The number of unbranched alkanes of at least 4 members (excludes halogenated alkanes) is 1. The predicted octanol–water partition coefficient (Wildman–Crippen LogP) is 3.93. The van der Waals surface area contributed by atoms with Gasteiger partial charge in [-0.3, -0.25) is 0 Å². The largest absolute Gasteiger partial charge is 0.0928 e. The molecule has 0 N–H and O–H groups in total. The van der Waals surface area contributed by atoms with E-state index < -0.39 is 0 Å². The molecule has 0 fully saturated rings. The molecule has 0 saturated carbocycles. The van der Waals surface area contributed by atoms with Crippen LogP contribution in [0.3, 0.4) is 0 Å². The normalized spacial score (nSPS) is 13.5. The van der Waals surface area contributed by atoms with Gasteiger partial charge in [0, 0.05) is 10.2 Å². The molecule has 1 radical (unpaired) electrons. The van der Waals surface area contributed by atoms with Crippen LogP contribution in [0.1, 0.15) is 32.1 Å². The first kappa shape index (κ1) is 11.0. The van der Waals surface area contributed by atoms with Crippen molar-refractivity contribution in [2.24, 2.45) is 0 Å². The van der Waals surface area contributed by atoms with Crippen LogP contribution in [0.15, 0.2) is 0 Å². The number of rotatable bonds is 6. The fraction of sp³-hybridized carbons (Fsp3) is 0.875. The quantitative estimate of drug-likeness (QED) is 0.507. The average Bonchev–Trinajstić information content (AvgIpc) is 1.89. The standard InChI is InChI=1S/C8H15Br2/c1-2-5-8(10)6-3-4-7-9/h8H,1-7H2. The van der Waals surface area contributed by atoms with E-state index in [1.165, 1.54) is 25.7 Å². The first-order chi connectivity index (χ1) is 4.81. The van der Waals surface area contributed by atoms with E-state index in [1.54, 1.807) is 0 Å². The van der Waals surface area contributed by atoms with E-state index in [9.17, 15) is 0 Å². The summed E-state index contributed by atoms with van der Waals surface area (Å²) in [6.45, 7) is 3.81. The topological polar surface area (TPSA) is 0 Å². The molecule has 0 aromatic carbocycles. The summed E-state index contributed by atoms with van der Waals surface area (Å²) in [4.78, 5) is 0.698. The Morgan fingerprint density at radius 3 is 2.40 bits per heavy atom. The molecule has 0 bridgehead atoms. The number of hydrogen-bond acceptors (Lipinski definition) is 0. The van der Waals surface area contributed by atoms with Crippen molar-refractivity contribution in [1.29, 1.82) is 0 Å². The number of hydrogen-bond donors (Lipinski definition) is 0. The number of alkyl halides is 2. The lowest BCUT2D eigenvalue weighted by Gasteiger charge is -2.05. The Balaban J connectivity index is 2.97. The lowest BCUT2D eigenvalue weighted by atomic mass is 10.1. The molecule has 0 heterocycles. The highest BCUT2D eigenvalue weighted by molar-refractivity contribution is 9.09. The third-order valence-corrected chi connectivity index (χ3v) is 2.89. The first-order valence-corrected chi connectivity index (χ1v) is 5.84. The molecule has 61 valence electrons. The summed E-state index contributed by atoms with van der Waals surface area (Å²) in [5.41, 5.74) is 0. The van der Waals surface area contributed by atoms with Crippen molar-refractivity contribution >= 4 is 31.9 Å². The lowest BCUT2D eigenvalue weighted by molar-refractivity contribution is 0.663. The van der Waals surface area contributed by atoms with E-state index in [1.807, 2.05) is 0 Å². The van der Waals surface area contributed by atoms with E-state index in [0.717, 1.165) is 11.8 Å². The van der Waals surface area contributed by atoms with Crippen LogP contribution in [0.2, 0.25) is 0 Å². The van der Waals surface area contributed by atoms with Gasteiger partial charge < -0.3 is 0 Å². The fourth-order valence-electron chi connectivity index (χ4n) is 0.826. The summed E-state index contributed by atoms with van der Waals surface area (Å²) in [5.74, 6) is 0. The van der Waals surface area contributed by atoms with Crippen LogP contribution in [0, 0.1) is 6.92 Å². The molecule has 0 saturated heterocycles. The highest BCUT2D eigenvalue weighted by atomic mass is 79.9. The molecule has 0 rings (SSSR count). The van der Waals surface area contributed by atoms with Crippen molar-refractivity contribution in [1.82, 2.24) is 0 Å². The summed E-state index contributed by atoms with van der Waals surface area (Å²) < 4.78 is 0. The van der Waals surface area contributed by atoms with Gasteiger partial charge in [0.2, 0.25) is 0 Å². The Labute approximate surface area is 81.0 Å². The highest BCUT2D eigenvalue weighted by Crippen LogP contribution is 2.15. The molecule has 0 aromatic heterocycles. The molecule has 10 heavy (non-hydrogen) atoms. The van der Waals surface area contributed by atoms with Crippen molar-refractivity contribution in [2.75, 3.05) is 5.33 Å². The molecular formula is C8H15Br2. The maximum atomic E-state index is 3.81.